The summed E-state index contributed by atoms with van der Waals surface area (Å²) in [5, 5.41) is 3.41. The summed E-state index contributed by atoms with van der Waals surface area (Å²) in [7, 11) is 0. The van der Waals surface area contributed by atoms with Gasteiger partial charge in [-0.3, -0.25) is 4.98 Å². The van der Waals surface area contributed by atoms with Crippen LogP contribution in [0.3, 0.4) is 0 Å². The van der Waals surface area contributed by atoms with Crippen molar-refractivity contribution in [1.82, 2.24) is 10.3 Å². The maximum absolute atomic E-state index is 13.4. The van der Waals surface area contributed by atoms with Crippen molar-refractivity contribution < 1.29 is 9.13 Å². The quantitative estimate of drug-likeness (QED) is 0.858. The van der Waals surface area contributed by atoms with E-state index in [9.17, 15) is 4.39 Å². The van der Waals surface area contributed by atoms with E-state index in [-0.39, 0.29) is 5.02 Å². The largest absolute Gasteiger partial charge is 0.457 e. The summed E-state index contributed by atoms with van der Waals surface area (Å²) < 4.78 is 19.2. The van der Waals surface area contributed by atoms with E-state index in [4.69, 9.17) is 16.3 Å². The lowest BCUT2D eigenvalue weighted by Crippen LogP contribution is -2.19. The minimum atomic E-state index is -0.497. The number of hydrogen-bond acceptors (Lipinski definition) is 3. The van der Waals surface area contributed by atoms with Gasteiger partial charge >= 0.3 is 0 Å². The Hall–Kier alpha value is -1.65. The molecule has 0 amide bonds. The maximum Gasteiger partial charge on any atom is 0.145 e. The molecule has 0 bridgehead atoms. The van der Waals surface area contributed by atoms with Gasteiger partial charge in [-0.05, 0) is 30.7 Å². The molecule has 0 aliphatic carbocycles. The first kappa shape index (κ1) is 15.7. The second-order valence-corrected chi connectivity index (χ2v) is 5.59. The predicted molar refractivity (Wildman–Crippen MR) is 82.3 cm³/mol. The van der Waals surface area contributed by atoms with Gasteiger partial charge in [-0.15, -0.1) is 0 Å². The molecule has 0 aliphatic heterocycles. The lowest BCUT2D eigenvalue weighted by atomic mass is 10.2. The van der Waals surface area contributed by atoms with Crippen molar-refractivity contribution in [1.29, 1.82) is 0 Å². The van der Waals surface area contributed by atoms with Gasteiger partial charge in [0.1, 0.15) is 17.3 Å². The minimum Gasteiger partial charge on any atom is -0.457 e. The van der Waals surface area contributed by atoms with Gasteiger partial charge in [0.25, 0.3) is 0 Å². The zero-order valence-electron chi connectivity index (χ0n) is 12.1. The Balaban J connectivity index is 2.10. The molecule has 3 nitrogen and oxygen atoms in total. The molecule has 2 aromatic rings. The normalized spacial score (nSPS) is 10.9. The van der Waals surface area contributed by atoms with Gasteiger partial charge in [-0.1, -0.05) is 25.4 Å². The topological polar surface area (TPSA) is 34.2 Å². The van der Waals surface area contributed by atoms with Crippen LogP contribution < -0.4 is 10.1 Å². The molecule has 0 aliphatic rings. The summed E-state index contributed by atoms with van der Waals surface area (Å²) in [5.74, 6) is 1.13. The van der Waals surface area contributed by atoms with E-state index < -0.39 is 5.82 Å². The smallest absolute Gasteiger partial charge is 0.145 e. The van der Waals surface area contributed by atoms with Gasteiger partial charge in [0.2, 0.25) is 0 Å². The number of nitrogens with one attached hydrogen (secondary N) is 1. The Labute approximate surface area is 129 Å². The monoisotopic (exact) mass is 308 g/mol. The molecule has 1 aromatic carbocycles. The summed E-state index contributed by atoms with van der Waals surface area (Å²) in [4.78, 5) is 4.10. The fourth-order valence-corrected chi connectivity index (χ4v) is 1.93. The Bertz CT molecular complexity index is 605. The van der Waals surface area contributed by atoms with Gasteiger partial charge < -0.3 is 10.1 Å². The third kappa shape index (κ3) is 4.69. The van der Waals surface area contributed by atoms with Crippen LogP contribution in [0.25, 0.3) is 0 Å². The number of hydrogen-bond donors (Lipinski definition) is 1. The van der Waals surface area contributed by atoms with Crippen LogP contribution in [0.1, 0.15) is 19.4 Å². The Kier molecular flexibility index (Phi) is 5.53. The van der Waals surface area contributed by atoms with Gasteiger partial charge in [0, 0.05) is 30.6 Å². The van der Waals surface area contributed by atoms with Crippen molar-refractivity contribution in [3.05, 3.63) is 53.1 Å². The molecule has 0 saturated carbocycles. The summed E-state index contributed by atoms with van der Waals surface area (Å²) in [5.41, 5.74) is 0.925. The second kappa shape index (κ2) is 7.38. The minimum absolute atomic E-state index is 0.0795. The van der Waals surface area contributed by atoms with Crippen LogP contribution in [0.5, 0.6) is 11.5 Å². The zero-order chi connectivity index (χ0) is 15.2. The molecule has 5 heteroatoms. The first-order valence-electron chi connectivity index (χ1n) is 6.82. The number of benzene rings is 1. The van der Waals surface area contributed by atoms with Crippen LogP contribution >= 0.6 is 11.6 Å². The average molecular weight is 309 g/mol. The van der Waals surface area contributed by atoms with E-state index in [1.54, 1.807) is 24.5 Å². The lowest BCUT2D eigenvalue weighted by molar-refractivity contribution is 0.463. The number of halogens is 2. The molecule has 0 saturated heterocycles. The van der Waals surface area contributed by atoms with Crippen LogP contribution in [-0.2, 0) is 6.54 Å². The van der Waals surface area contributed by atoms with Crippen molar-refractivity contribution in [2.45, 2.75) is 20.4 Å². The number of aromatic nitrogens is 1. The molecule has 0 spiro atoms. The van der Waals surface area contributed by atoms with Gasteiger partial charge in [-0.25, -0.2) is 4.39 Å². The van der Waals surface area contributed by atoms with E-state index in [0.29, 0.717) is 24.0 Å². The second-order valence-electron chi connectivity index (χ2n) is 5.19. The predicted octanol–water partition coefficient (Wildman–Crippen LogP) is 4.41. The zero-order valence-corrected chi connectivity index (χ0v) is 12.8. The first-order valence-corrected chi connectivity index (χ1v) is 7.20. The summed E-state index contributed by atoms with van der Waals surface area (Å²) in [6.07, 6.45) is 3.39. The third-order valence-corrected chi connectivity index (χ3v) is 3.15. The summed E-state index contributed by atoms with van der Waals surface area (Å²) in [6, 6.07) is 6.15. The van der Waals surface area contributed by atoms with Crippen LogP contribution in [0.4, 0.5) is 4.39 Å². The van der Waals surface area contributed by atoms with Crippen LogP contribution in [0.15, 0.2) is 36.7 Å². The Morgan fingerprint density at radius 1 is 1.33 bits per heavy atom. The Morgan fingerprint density at radius 3 is 2.86 bits per heavy atom. The molecule has 2 rings (SSSR count). The van der Waals surface area contributed by atoms with Crippen molar-refractivity contribution >= 4 is 11.6 Å². The van der Waals surface area contributed by atoms with Gasteiger partial charge in [-0.2, -0.15) is 0 Å². The number of nitrogens with zero attached hydrogens (tertiary/aromatic N) is 1. The lowest BCUT2D eigenvalue weighted by Gasteiger charge is -2.12. The van der Waals surface area contributed by atoms with Crippen molar-refractivity contribution in [2.24, 2.45) is 5.92 Å². The molecule has 0 radical (unpaired) electrons. The Morgan fingerprint density at radius 2 is 2.14 bits per heavy atom. The molecule has 1 heterocycles. The number of rotatable bonds is 6. The van der Waals surface area contributed by atoms with Gasteiger partial charge in [0.15, 0.2) is 0 Å². The molecule has 0 unspecified atom stereocenters. The number of ether oxygens (including phenoxy) is 1. The van der Waals surface area contributed by atoms with E-state index >= 15 is 0 Å². The highest BCUT2D eigenvalue weighted by atomic mass is 35.5. The van der Waals surface area contributed by atoms with E-state index in [2.05, 4.69) is 24.1 Å². The molecule has 1 N–H and O–H groups in total. The fourth-order valence-electron chi connectivity index (χ4n) is 1.81. The molecule has 1 aromatic heterocycles. The van der Waals surface area contributed by atoms with Crippen LogP contribution in [0.2, 0.25) is 5.02 Å². The van der Waals surface area contributed by atoms with Crippen molar-refractivity contribution in [3.8, 4) is 11.5 Å². The highest BCUT2D eigenvalue weighted by Gasteiger charge is 2.07. The maximum atomic E-state index is 13.4. The fraction of sp³-hybridized carbons (Fsp3) is 0.312. The number of pyridine rings is 1. The third-order valence-electron chi connectivity index (χ3n) is 2.85. The average Bonchev–Trinajstić information content (AvgIpc) is 2.44. The van der Waals surface area contributed by atoms with Crippen LogP contribution in [0, 0.1) is 11.7 Å². The molecular weight excluding hydrogens is 291 g/mol. The van der Waals surface area contributed by atoms with Gasteiger partial charge in [0.05, 0.1) is 5.02 Å². The molecular formula is C16H18ClFN2O. The summed E-state index contributed by atoms with van der Waals surface area (Å²) >= 11 is 5.66. The van der Waals surface area contributed by atoms with E-state index in [1.807, 2.05) is 0 Å². The highest BCUT2D eigenvalue weighted by molar-refractivity contribution is 6.30. The molecule has 0 fully saturated rings. The van der Waals surface area contributed by atoms with Crippen LogP contribution in [-0.4, -0.2) is 11.5 Å². The highest BCUT2D eigenvalue weighted by Crippen LogP contribution is 2.27. The summed E-state index contributed by atoms with van der Waals surface area (Å²) in [6.45, 7) is 5.84. The van der Waals surface area contributed by atoms with E-state index in [0.717, 1.165) is 12.1 Å². The molecule has 21 heavy (non-hydrogen) atoms. The molecule has 0 atom stereocenters. The standard InChI is InChI=1S/C16H18ClFN2O/c1-11(2)8-20-10-12-9-19-6-5-16(12)21-13-3-4-14(17)15(18)7-13/h3-7,9,11,20H,8,10H2,1-2H3. The first-order chi connectivity index (χ1) is 10.1. The van der Waals surface area contributed by atoms with Crippen molar-refractivity contribution in [3.63, 3.8) is 0 Å². The van der Waals surface area contributed by atoms with E-state index in [1.165, 1.54) is 12.1 Å². The SMILES string of the molecule is CC(C)CNCc1cnccc1Oc1ccc(Cl)c(F)c1. The molecule has 112 valence electrons. The van der Waals surface area contributed by atoms with Crippen molar-refractivity contribution in [2.75, 3.05) is 6.54 Å².